The molecule has 7 heteroatoms. The first kappa shape index (κ1) is 17.1. The van der Waals surface area contributed by atoms with Gasteiger partial charge in [0.25, 0.3) is 10.0 Å². The van der Waals surface area contributed by atoms with Crippen molar-refractivity contribution in [1.29, 1.82) is 0 Å². The van der Waals surface area contributed by atoms with Crippen LogP contribution in [-0.4, -0.2) is 38.8 Å². The van der Waals surface area contributed by atoms with Crippen molar-refractivity contribution < 1.29 is 13.2 Å². The first-order valence-electron chi connectivity index (χ1n) is 8.72. The SMILES string of the molecule is CCOc1ccc2c(c1)CN(CC1=NS(=O)(=O)c3ccccc3N1)CC2. The second kappa shape index (κ2) is 6.74. The Labute approximate surface area is 153 Å². The predicted molar refractivity (Wildman–Crippen MR) is 101 cm³/mol. The van der Waals surface area contributed by atoms with Crippen LogP contribution in [0.2, 0.25) is 0 Å². The third-order valence-electron chi connectivity index (χ3n) is 4.63. The zero-order valence-electron chi connectivity index (χ0n) is 14.6. The molecule has 0 saturated heterocycles. The highest BCUT2D eigenvalue weighted by Crippen LogP contribution is 2.28. The van der Waals surface area contributed by atoms with Crippen LogP contribution in [0.1, 0.15) is 18.1 Å². The summed E-state index contributed by atoms with van der Waals surface area (Å²) in [5.74, 6) is 1.34. The summed E-state index contributed by atoms with van der Waals surface area (Å²) >= 11 is 0. The maximum absolute atomic E-state index is 12.4. The highest BCUT2D eigenvalue weighted by atomic mass is 32.2. The molecule has 0 radical (unpaired) electrons. The van der Waals surface area contributed by atoms with Gasteiger partial charge in [0.15, 0.2) is 0 Å². The van der Waals surface area contributed by atoms with Gasteiger partial charge in [0.05, 0.1) is 18.8 Å². The van der Waals surface area contributed by atoms with Crippen molar-refractivity contribution in [2.45, 2.75) is 24.8 Å². The minimum absolute atomic E-state index is 0.231. The molecule has 0 amide bonds. The summed E-state index contributed by atoms with van der Waals surface area (Å²) in [6.45, 7) is 4.69. The van der Waals surface area contributed by atoms with Crippen LogP contribution in [0.3, 0.4) is 0 Å². The van der Waals surface area contributed by atoms with Crippen LogP contribution < -0.4 is 10.1 Å². The highest BCUT2D eigenvalue weighted by Gasteiger charge is 2.26. The molecule has 2 aliphatic rings. The van der Waals surface area contributed by atoms with E-state index in [1.807, 2.05) is 19.1 Å². The van der Waals surface area contributed by atoms with Crippen molar-refractivity contribution in [2.24, 2.45) is 4.40 Å². The molecule has 0 saturated carbocycles. The zero-order chi connectivity index (χ0) is 18.1. The number of hydrogen-bond donors (Lipinski definition) is 1. The van der Waals surface area contributed by atoms with E-state index in [9.17, 15) is 8.42 Å². The Bertz CT molecular complexity index is 970. The van der Waals surface area contributed by atoms with E-state index in [0.717, 1.165) is 25.3 Å². The Balaban J connectivity index is 1.52. The first-order valence-corrected chi connectivity index (χ1v) is 10.2. The number of amidine groups is 1. The summed E-state index contributed by atoms with van der Waals surface area (Å²) in [6.07, 6.45) is 0.929. The molecular formula is C19H21N3O3S. The lowest BCUT2D eigenvalue weighted by Crippen LogP contribution is -2.38. The van der Waals surface area contributed by atoms with Gasteiger partial charge in [0.1, 0.15) is 16.5 Å². The van der Waals surface area contributed by atoms with Crippen molar-refractivity contribution in [3.63, 3.8) is 0 Å². The molecular weight excluding hydrogens is 350 g/mol. The number of ether oxygens (including phenoxy) is 1. The molecule has 0 aromatic heterocycles. The van der Waals surface area contributed by atoms with E-state index in [1.54, 1.807) is 18.2 Å². The molecule has 136 valence electrons. The van der Waals surface area contributed by atoms with Gasteiger partial charge in [-0.25, -0.2) is 0 Å². The van der Waals surface area contributed by atoms with Crippen molar-refractivity contribution in [1.82, 2.24) is 4.90 Å². The van der Waals surface area contributed by atoms with Crippen LogP contribution in [0.15, 0.2) is 51.8 Å². The van der Waals surface area contributed by atoms with E-state index >= 15 is 0 Å². The van der Waals surface area contributed by atoms with Gasteiger partial charge in [0.2, 0.25) is 0 Å². The molecule has 0 spiro atoms. The lowest BCUT2D eigenvalue weighted by atomic mass is 9.99. The third-order valence-corrected chi connectivity index (χ3v) is 6.00. The molecule has 1 N–H and O–H groups in total. The molecule has 2 heterocycles. The van der Waals surface area contributed by atoms with E-state index in [2.05, 4.69) is 26.7 Å². The molecule has 0 fully saturated rings. The molecule has 4 rings (SSSR count). The number of nitrogens with one attached hydrogen (secondary N) is 1. The van der Waals surface area contributed by atoms with Gasteiger partial charge in [-0.15, -0.1) is 4.40 Å². The van der Waals surface area contributed by atoms with E-state index in [1.165, 1.54) is 11.1 Å². The Morgan fingerprint density at radius 1 is 1.19 bits per heavy atom. The topological polar surface area (TPSA) is 71.0 Å². The van der Waals surface area contributed by atoms with Crippen LogP contribution >= 0.6 is 0 Å². The Kier molecular flexibility index (Phi) is 4.42. The number of para-hydroxylation sites is 1. The zero-order valence-corrected chi connectivity index (χ0v) is 15.4. The van der Waals surface area contributed by atoms with Gasteiger partial charge < -0.3 is 10.1 Å². The Morgan fingerprint density at radius 3 is 2.88 bits per heavy atom. The van der Waals surface area contributed by atoms with Gasteiger partial charge in [-0.1, -0.05) is 18.2 Å². The molecule has 0 unspecified atom stereocenters. The second-order valence-electron chi connectivity index (χ2n) is 6.46. The molecule has 0 atom stereocenters. The molecule has 2 aromatic rings. The number of fused-ring (bicyclic) bond motifs is 2. The number of anilines is 1. The standard InChI is InChI=1S/C19H21N3O3S/c1-2-25-16-8-7-14-9-10-22(12-15(14)11-16)13-19-20-17-5-3-4-6-18(17)26(23,24)21-19/h3-8,11H,2,9-10,12-13H2,1H3,(H,20,21). The van der Waals surface area contributed by atoms with Gasteiger partial charge in [-0.3, -0.25) is 4.90 Å². The van der Waals surface area contributed by atoms with E-state index in [0.29, 0.717) is 24.7 Å². The fraction of sp³-hybridized carbons (Fsp3) is 0.316. The van der Waals surface area contributed by atoms with Crippen molar-refractivity contribution in [3.05, 3.63) is 53.6 Å². The Morgan fingerprint density at radius 2 is 2.04 bits per heavy atom. The normalized spacial score (nSPS) is 18.3. The minimum Gasteiger partial charge on any atom is -0.494 e. The van der Waals surface area contributed by atoms with Crippen LogP contribution in [0.5, 0.6) is 5.75 Å². The molecule has 6 nitrogen and oxygen atoms in total. The lowest BCUT2D eigenvalue weighted by Gasteiger charge is -2.30. The minimum atomic E-state index is -3.64. The van der Waals surface area contributed by atoms with Gasteiger partial charge in [-0.05, 0) is 48.7 Å². The number of benzene rings is 2. The Hall–Kier alpha value is -2.38. The average molecular weight is 371 g/mol. The van der Waals surface area contributed by atoms with Crippen LogP contribution in [0.25, 0.3) is 0 Å². The first-order chi connectivity index (χ1) is 12.5. The van der Waals surface area contributed by atoms with Gasteiger partial charge in [0, 0.05) is 13.1 Å². The van der Waals surface area contributed by atoms with Gasteiger partial charge in [-0.2, -0.15) is 8.42 Å². The quantitative estimate of drug-likeness (QED) is 0.895. The summed E-state index contributed by atoms with van der Waals surface area (Å²) in [5, 5.41) is 3.16. The summed E-state index contributed by atoms with van der Waals surface area (Å²) < 4.78 is 34.3. The summed E-state index contributed by atoms with van der Waals surface area (Å²) in [6, 6.07) is 13.1. The van der Waals surface area contributed by atoms with E-state index in [4.69, 9.17) is 4.74 Å². The fourth-order valence-electron chi connectivity index (χ4n) is 3.43. The summed E-state index contributed by atoms with van der Waals surface area (Å²) in [7, 11) is -3.64. The maximum Gasteiger partial charge on any atom is 0.286 e. The van der Waals surface area contributed by atoms with Crippen molar-refractivity contribution in [3.8, 4) is 5.75 Å². The van der Waals surface area contributed by atoms with E-state index in [-0.39, 0.29) is 4.90 Å². The van der Waals surface area contributed by atoms with E-state index < -0.39 is 10.0 Å². The average Bonchev–Trinajstić information content (AvgIpc) is 2.61. The van der Waals surface area contributed by atoms with Crippen LogP contribution in [0.4, 0.5) is 5.69 Å². The molecule has 2 aromatic carbocycles. The summed E-state index contributed by atoms with van der Waals surface area (Å²) in [5.41, 5.74) is 3.14. The fourth-order valence-corrected chi connectivity index (χ4v) is 4.57. The monoisotopic (exact) mass is 371 g/mol. The molecule has 0 bridgehead atoms. The van der Waals surface area contributed by atoms with Crippen LogP contribution in [-0.2, 0) is 23.0 Å². The lowest BCUT2D eigenvalue weighted by molar-refractivity contribution is 0.287. The molecule has 2 aliphatic heterocycles. The van der Waals surface area contributed by atoms with Crippen LogP contribution in [0, 0.1) is 0 Å². The highest BCUT2D eigenvalue weighted by molar-refractivity contribution is 7.90. The second-order valence-corrected chi connectivity index (χ2v) is 8.03. The smallest absolute Gasteiger partial charge is 0.286 e. The number of hydrogen-bond acceptors (Lipinski definition) is 5. The summed E-state index contributed by atoms with van der Waals surface area (Å²) in [4.78, 5) is 2.43. The molecule has 0 aliphatic carbocycles. The largest absolute Gasteiger partial charge is 0.494 e. The van der Waals surface area contributed by atoms with Crippen molar-refractivity contribution in [2.75, 3.05) is 25.0 Å². The number of sulfonamides is 1. The predicted octanol–water partition coefficient (Wildman–Crippen LogP) is 2.66. The molecule has 26 heavy (non-hydrogen) atoms. The third kappa shape index (κ3) is 3.32. The number of rotatable bonds is 4. The number of nitrogens with zero attached hydrogens (tertiary/aromatic N) is 2. The maximum atomic E-state index is 12.4. The van der Waals surface area contributed by atoms with Gasteiger partial charge >= 0.3 is 0 Å². The van der Waals surface area contributed by atoms with Crippen molar-refractivity contribution >= 4 is 21.5 Å².